The fourth-order valence-corrected chi connectivity index (χ4v) is 1.72. The van der Waals surface area contributed by atoms with Crippen LogP contribution in [0.4, 0.5) is 4.39 Å². The Kier molecular flexibility index (Phi) is 4.89. The van der Waals surface area contributed by atoms with E-state index in [0.717, 1.165) is 6.26 Å². The number of hydrogen-bond donors (Lipinski definition) is 1. The van der Waals surface area contributed by atoms with Gasteiger partial charge in [-0.1, -0.05) is 19.1 Å². The van der Waals surface area contributed by atoms with E-state index in [9.17, 15) is 12.8 Å². The van der Waals surface area contributed by atoms with Crippen molar-refractivity contribution in [3.05, 3.63) is 30.1 Å². The van der Waals surface area contributed by atoms with Crippen molar-refractivity contribution in [2.24, 2.45) is 0 Å². The van der Waals surface area contributed by atoms with Gasteiger partial charge >= 0.3 is 0 Å². The quantitative estimate of drug-likeness (QED) is 0.845. The van der Waals surface area contributed by atoms with Gasteiger partial charge in [0, 0.05) is 6.54 Å². The highest BCUT2D eigenvalue weighted by atomic mass is 32.2. The van der Waals surface area contributed by atoms with E-state index < -0.39 is 15.8 Å². The van der Waals surface area contributed by atoms with Crippen LogP contribution in [0, 0.1) is 5.82 Å². The van der Waals surface area contributed by atoms with Gasteiger partial charge in [-0.05, 0) is 18.6 Å². The van der Waals surface area contributed by atoms with Crippen molar-refractivity contribution in [2.45, 2.75) is 19.4 Å². The lowest BCUT2D eigenvalue weighted by atomic mass is 10.2. The number of halogens is 1. The molecule has 17 heavy (non-hydrogen) atoms. The van der Waals surface area contributed by atoms with Gasteiger partial charge in [0.1, 0.15) is 6.10 Å². The zero-order valence-corrected chi connectivity index (χ0v) is 10.6. The van der Waals surface area contributed by atoms with Crippen LogP contribution in [0.5, 0.6) is 5.75 Å². The SMILES string of the molecule is CC[C@H](CNS(C)(=O)=O)Oc1ccccc1F. The van der Waals surface area contributed by atoms with E-state index in [-0.39, 0.29) is 18.4 Å². The molecule has 0 amide bonds. The molecule has 0 heterocycles. The summed E-state index contributed by atoms with van der Waals surface area (Å²) in [6.45, 7) is 1.97. The van der Waals surface area contributed by atoms with Gasteiger partial charge in [-0.25, -0.2) is 17.5 Å². The van der Waals surface area contributed by atoms with Gasteiger partial charge in [-0.2, -0.15) is 0 Å². The summed E-state index contributed by atoms with van der Waals surface area (Å²) >= 11 is 0. The fraction of sp³-hybridized carbons (Fsp3) is 0.455. The highest BCUT2D eigenvalue weighted by molar-refractivity contribution is 7.88. The second-order valence-corrected chi connectivity index (χ2v) is 5.53. The molecule has 96 valence electrons. The molecule has 4 nitrogen and oxygen atoms in total. The predicted molar refractivity (Wildman–Crippen MR) is 64.0 cm³/mol. The number of nitrogens with one attached hydrogen (secondary N) is 1. The molecule has 0 aliphatic heterocycles. The predicted octanol–water partition coefficient (Wildman–Crippen LogP) is 1.53. The lowest BCUT2D eigenvalue weighted by molar-refractivity contribution is 0.192. The van der Waals surface area contributed by atoms with Gasteiger partial charge in [0.15, 0.2) is 11.6 Å². The lowest BCUT2D eigenvalue weighted by Gasteiger charge is -2.17. The Bertz CT molecular complexity index is 462. The molecule has 1 atom stereocenters. The minimum Gasteiger partial charge on any atom is -0.486 e. The van der Waals surface area contributed by atoms with E-state index in [2.05, 4.69) is 4.72 Å². The molecule has 0 aromatic heterocycles. The zero-order valence-electron chi connectivity index (χ0n) is 9.81. The van der Waals surface area contributed by atoms with Crippen LogP contribution in [-0.2, 0) is 10.0 Å². The first-order valence-electron chi connectivity index (χ1n) is 5.28. The van der Waals surface area contributed by atoms with E-state index >= 15 is 0 Å². The number of ether oxygens (including phenoxy) is 1. The van der Waals surface area contributed by atoms with Gasteiger partial charge in [0.05, 0.1) is 6.26 Å². The first-order chi connectivity index (χ1) is 7.92. The summed E-state index contributed by atoms with van der Waals surface area (Å²) in [5, 5.41) is 0. The van der Waals surface area contributed by atoms with E-state index in [1.165, 1.54) is 12.1 Å². The van der Waals surface area contributed by atoms with Crippen molar-refractivity contribution in [1.82, 2.24) is 4.72 Å². The summed E-state index contributed by atoms with van der Waals surface area (Å²) in [5.41, 5.74) is 0. The summed E-state index contributed by atoms with van der Waals surface area (Å²) in [6.07, 6.45) is 1.27. The Labute approximate surface area is 101 Å². The number of sulfonamides is 1. The van der Waals surface area contributed by atoms with Crippen LogP contribution in [0.3, 0.4) is 0 Å². The molecule has 0 spiro atoms. The standard InChI is InChI=1S/C11H16FNO3S/c1-3-9(8-13-17(2,14)15)16-11-7-5-4-6-10(11)12/h4-7,9,13H,3,8H2,1-2H3/t9-/m1/s1. The van der Waals surface area contributed by atoms with Crippen LogP contribution in [0.15, 0.2) is 24.3 Å². The van der Waals surface area contributed by atoms with Crippen LogP contribution in [0.25, 0.3) is 0 Å². The van der Waals surface area contributed by atoms with Crippen molar-refractivity contribution in [3.8, 4) is 5.75 Å². The molecule has 0 unspecified atom stereocenters. The van der Waals surface area contributed by atoms with Crippen molar-refractivity contribution in [3.63, 3.8) is 0 Å². The van der Waals surface area contributed by atoms with Crippen LogP contribution in [0.1, 0.15) is 13.3 Å². The van der Waals surface area contributed by atoms with Crippen LogP contribution in [-0.4, -0.2) is 27.3 Å². The molecule has 0 saturated heterocycles. The van der Waals surface area contributed by atoms with Gasteiger partial charge in [-0.3, -0.25) is 0 Å². The molecular weight excluding hydrogens is 245 g/mol. The molecule has 1 aromatic carbocycles. The van der Waals surface area contributed by atoms with E-state index in [4.69, 9.17) is 4.74 Å². The molecule has 0 aliphatic carbocycles. The smallest absolute Gasteiger partial charge is 0.208 e. The van der Waals surface area contributed by atoms with Crippen molar-refractivity contribution < 1.29 is 17.5 Å². The molecule has 0 radical (unpaired) electrons. The van der Waals surface area contributed by atoms with Crippen molar-refractivity contribution in [1.29, 1.82) is 0 Å². The third-order valence-electron chi connectivity index (χ3n) is 2.16. The van der Waals surface area contributed by atoms with Crippen LogP contribution < -0.4 is 9.46 Å². The first kappa shape index (κ1) is 13.9. The van der Waals surface area contributed by atoms with Crippen molar-refractivity contribution in [2.75, 3.05) is 12.8 Å². The van der Waals surface area contributed by atoms with E-state index in [1.54, 1.807) is 12.1 Å². The van der Waals surface area contributed by atoms with Gasteiger partial charge in [0.25, 0.3) is 0 Å². The summed E-state index contributed by atoms with van der Waals surface area (Å²) in [5.74, 6) is -0.319. The van der Waals surface area contributed by atoms with Crippen molar-refractivity contribution >= 4 is 10.0 Å². The summed E-state index contributed by atoms with van der Waals surface area (Å²) in [4.78, 5) is 0. The lowest BCUT2D eigenvalue weighted by Crippen LogP contribution is -2.34. The first-order valence-corrected chi connectivity index (χ1v) is 7.17. The average molecular weight is 261 g/mol. The molecule has 0 fully saturated rings. The summed E-state index contributed by atoms with van der Waals surface area (Å²) < 4.78 is 42.9. The molecular formula is C11H16FNO3S. The molecule has 0 saturated carbocycles. The van der Waals surface area contributed by atoms with Gasteiger partial charge in [-0.15, -0.1) is 0 Å². The Morgan fingerprint density at radius 3 is 2.59 bits per heavy atom. The molecule has 1 N–H and O–H groups in total. The summed E-state index contributed by atoms with van der Waals surface area (Å²) in [6, 6.07) is 6.04. The summed E-state index contributed by atoms with van der Waals surface area (Å²) in [7, 11) is -3.26. The van der Waals surface area contributed by atoms with Crippen LogP contribution >= 0.6 is 0 Å². The Morgan fingerprint density at radius 1 is 1.41 bits per heavy atom. The second kappa shape index (κ2) is 5.97. The molecule has 0 bridgehead atoms. The minimum atomic E-state index is -3.26. The molecule has 6 heteroatoms. The highest BCUT2D eigenvalue weighted by Gasteiger charge is 2.13. The Hall–Kier alpha value is -1.14. The average Bonchev–Trinajstić information content (AvgIpc) is 2.25. The van der Waals surface area contributed by atoms with Gasteiger partial charge < -0.3 is 4.74 Å². The maximum atomic E-state index is 13.3. The maximum Gasteiger partial charge on any atom is 0.208 e. The third kappa shape index (κ3) is 5.14. The normalized spacial score (nSPS) is 13.4. The minimum absolute atomic E-state index is 0.129. The maximum absolute atomic E-state index is 13.3. The number of rotatable bonds is 6. The number of para-hydroxylation sites is 1. The second-order valence-electron chi connectivity index (χ2n) is 3.70. The largest absolute Gasteiger partial charge is 0.486 e. The van der Waals surface area contributed by atoms with Gasteiger partial charge in [0.2, 0.25) is 10.0 Å². The third-order valence-corrected chi connectivity index (χ3v) is 2.85. The van der Waals surface area contributed by atoms with E-state index in [0.29, 0.717) is 6.42 Å². The molecule has 1 aromatic rings. The van der Waals surface area contributed by atoms with Crippen LogP contribution in [0.2, 0.25) is 0 Å². The molecule has 1 rings (SSSR count). The zero-order chi connectivity index (χ0) is 12.9. The monoisotopic (exact) mass is 261 g/mol. The Balaban J connectivity index is 2.61. The number of hydrogen-bond acceptors (Lipinski definition) is 3. The topological polar surface area (TPSA) is 55.4 Å². The Morgan fingerprint density at radius 2 is 2.06 bits per heavy atom. The van der Waals surface area contributed by atoms with E-state index in [1.807, 2.05) is 6.92 Å². The fourth-order valence-electron chi connectivity index (χ4n) is 1.23. The molecule has 0 aliphatic rings. The highest BCUT2D eigenvalue weighted by Crippen LogP contribution is 2.17. The number of benzene rings is 1.